The fourth-order valence-electron chi connectivity index (χ4n) is 3.90. The number of fused-ring (bicyclic) bond motifs is 1. The molecule has 1 amide bonds. The molecule has 0 saturated heterocycles. The summed E-state index contributed by atoms with van der Waals surface area (Å²) in [6.07, 6.45) is 4.91. The van der Waals surface area contributed by atoms with Crippen molar-refractivity contribution in [2.45, 2.75) is 13.0 Å². The topological polar surface area (TPSA) is 81.3 Å². The van der Waals surface area contributed by atoms with Crippen molar-refractivity contribution in [1.29, 1.82) is 0 Å². The molecular weight excluding hydrogens is 445 g/mol. The molecule has 5 aromatic rings. The third-order valence-electron chi connectivity index (χ3n) is 5.76. The monoisotopic (exact) mass is 467 g/mol. The van der Waals surface area contributed by atoms with E-state index in [0.717, 1.165) is 16.8 Å². The molecule has 7 nitrogen and oxygen atoms in total. The molecule has 0 fully saturated rings. The Kier molecular flexibility index (Phi) is 5.93. The van der Waals surface area contributed by atoms with Gasteiger partial charge in [0.2, 0.25) is 0 Å². The van der Waals surface area contributed by atoms with Crippen LogP contribution in [-0.2, 0) is 20.0 Å². The van der Waals surface area contributed by atoms with Gasteiger partial charge in [-0.15, -0.1) is 0 Å². The van der Waals surface area contributed by atoms with Crippen LogP contribution in [0, 0.1) is 5.82 Å². The van der Waals surface area contributed by atoms with Gasteiger partial charge in [-0.1, -0.05) is 30.3 Å². The number of benzene rings is 2. The summed E-state index contributed by atoms with van der Waals surface area (Å²) in [5.74, 6) is -1.19. The minimum atomic E-state index is -0.541. The maximum absolute atomic E-state index is 14.6. The van der Waals surface area contributed by atoms with Gasteiger partial charge in [-0.3, -0.25) is 18.7 Å². The smallest absolute Gasteiger partial charge is 0.251 e. The highest BCUT2D eigenvalue weighted by Gasteiger charge is 2.17. The molecule has 0 aliphatic heterocycles. The summed E-state index contributed by atoms with van der Waals surface area (Å²) < 4.78 is 18.0. The third-order valence-corrected chi connectivity index (χ3v) is 5.76. The van der Waals surface area contributed by atoms with Crippen LogP contribution in [0.15, 0.2) is 85.3 Å². The molecule has 0 bridgehead atoms. The lowest BCUT2D eigenvalue weighted by molar-refractivity contribution is 0.0947. The van der Waals surface area contributed by atoms with Crippen LogP contribution in [0.2, 0.25) is 0 Å². The van der Waals surface area contributed by atoms with Gasteiger partial charge in [0.15, 0.2) is 5.78 Å². The number of ketones is 1. The summed E-state index contributed by atoms with van der Waals surface area (Å²) in [4.78, 5) is 30.0. The van der Waals surface area contributed by atoms with Crippen molar-refractivity contribution in [1.82, 2.24) is 24.5 Å². The molecular formula is C27H22FN5O2. The standard InChI is InChI=1S/C27H22FN5O2/c1-32-12-11-23(31-32)20-8-10-26-29-16-24(33(26)17-20)25(34)14-21-13-19(7-9-22(21)28)27(35)30-15-18-5-3-2-4-6-18/h2-13,16-17H,14-15H2,1H3,(H,30,35). The zero-order valence-electron chi connectivity index (χ0n) is 19.0. The Labute approximate surface area is 200 Å². The average Bonchev–Trinajstić information content (AvgIpc) is 3.50. The molecule has 8 heteroatoms. The van der Waals surface area contributed by atoms with Crippen molar-refractivity contribution in [2.75, 3.05) is 0 Å². The van der Waals surface area contributed by atoms with Crippen LogP contribution >= 0.6 is 0 Å². The Morgan fingerprint density at radius 3 is 2.63 bits per heavy atom. The lowest BCUT2D eigenvalue weighted by Gasteiger charge is -2.09. The Bertz CT molecular complexity index is 1540. The molecule has 3 heterocycles. The Balaban J connectivity index is 1.36. The Hall–Kier alpha value is -4.59. The van der Waals surface area contributed by atoms with E-state index in [2.05, 4.69) is 15.4 Å². The molecule has 0 radical (unpaired) electrons. The van der Waals surface area contributed by atoms with E-state index in [9.17, 15) is 14.0 Å². The van der Waals surface area contributed by atoms with Crippen LogP contribution < -0.4 is 5.32 Å². The fourth-order valence-corrected chi connectivity index (χ4v) is 3.90. The summed E-state index contributed by atoms with van der Waals surface area (Å²) in [5, 5.41) is 7.22. The molecule has 0 saturated carbocycles. The van der Waals surface area contributed by atoms with E-state index >= 15 is 0 Å². The lowest BCUT2D eigenvalue weighted by Crippen LogP contribution is -2.23. The number of hydrogen-bond donors (Lipinski definition) is 1. The number of aryl methyl sites for hydroxylation is 1. The van der Waals surface area contributed by atoms with Gasteiger partial charge in [-0.2, -0.15) is 5.10 Å². The first-order chi connectivity index (χ1) is 17.0. The average molecular weight is 468 g/mol. The number of halogens is 1. The molecule has 2 aromatic carbocycles. The first kappa shape index (κ1) is 22.2. The molecule has 0 spiro atoms. The lowest BCUT2D eigenvalue weighted by atomic mass is 10.0. The molecule has 0 aliphatic carbocycles. The van der Waals surface area contributed by atoms with E-state index in [1.54, 1.807) is 21.3 Å². The van der Waals surface area contributed by atoms with Crippen LogP contribution in [0.1, 0.15) is 32.0 Å². The molecule has 1 N–H and O–H groups in total. The SMILES string of the molecule is Cn1ccc(-c2ccc3ncc(C(=O)Cc4cc(C(=O)NCc5ccccc5)ccc4F)n3c2)n1. The van der Waals surface area contributed by atoms with Crippen molar-refractivity contribution in [3.05, 3.63) is 114 Å². The number of nitrogens with zero attached hydrogens (tertiary/aromatic N) is 4. The number of nitrogens with one attached hydrogen (secondary N) is 1. The van der Waals surface area contributed by atoms with Gasteiger partial charge in [-0.05, 0) is 47.5 Å². The predicted octanol–water partition coefficient (Wildman–Crippen LogP) is 4.23. The van der Waals surface area contributed by atoms with E-state index in [0.29, 0.717) is 23.4 Å². The molecule has 35 heavy (non-hydrogen) atoms. The second-order valence-electron chi connectivity index (χ2n) is 8.24. The maximum Gasteiger partial charge on any atom is 0.251 e. The van der Waals surface area contributed by atoms with Crippen LogP contribution in [0.25, 0.3) is 16.9 Å². The third kappa shape index (κ3) is 4.72. The minimum absolute atomic E-state index is 0.151. The summed E-state index contributed by atoms with van der Waals surface area (Å²) >= 11 is 0. The zero-order valence-corrected chi connectivity index (χ0v) is 19.0. The number of pyridine rings is 1. The van der Waals surface area contributed by atoms with Gasteiger partial charge in [-0.25, -0.2) is 9.37 Å². The largest absolute Gasteiger partial charge is 0.348 e. The van der Waals surface area contributed by atoms with Crippen LogP contribution in [-0.4, -0.2) is 30.9 Å². The molecule has 0 aliphatic rings. The summed E-state index contributed by atoms with van der Waals surface area (Å²) in [6.45, 7) is 0.353. The molecule has 5 rings (SSSR count). The highest BCUT2D eigenvalue weighted by molar-refractivity contribution is 5.98. The first-order valence-corrected chi connectivity index (χ1v) is 11.1. The van der Waals surface area contributed by atoms with E-state index in [1.807, 2.05) is 55.7 Å². The highest BCUT2D eigenvalue weighted by atomic mass is 19.1. The quantitative estimate of drug-likeness (QED) is 0.363. The number of imidazole rings is 1. The Morgan fingerprint density at radius 1 is 1.03 bits per heavy atom. The minimum Gasteiger partial charge on any atom is -0.348 e. The van der Waals surface area contributed by atoms with Crippen molar-refractivity contribution >= 4 is 17.3 Å². The van der Waals surface area contributed by atoms with Crippen LogP contribution in [0.4, 0.5) is 4.39 Å². The predicted molar refractivity (Wildman–Crippen MR) is 129 cm³/mol. The number of Topliss-reactive ketones (excluding diaryl/α,β-unsaturated/α-hetero) is 1. The van der Waals surface area contributed by atoms with Crippen LogP contribution in [0.5, 0.6) is 0 Å². The Morgan fingerprint density at radius 2 is 1.86 bits per heavy atom. The second kappa shape index (κ2) is 9.34. The fraction of sp³-hybridized carbons (Fsp3) is 0.111. The molecule has 0 atom stereocenters. The maximum atomic E-state index is 14.6. The summed E-state index contributed by atoms with van der Waals surface area (Å²) in [5.41, 5.74) is 3.92. The van der Waals surface area contributed by atoms with Gasteiger partial charge in [0, 0.05) is 43.5 Å². The number of rotatable bonds is 7. The highest BCUT2D eigenvalue weighted by Crippen LogP contribution is 2.20. The summed E-state index contributed by atoms with van der Waals surface area (Å²) in [6, 6.07) is 19.1. The van der Waals surface area contributed by atoms with E-state index in [4.69, 9.17) is 0 Å². The number of hydrogen-bond acceptors (Lipinski definition) is 4. The van der Waals surface area contributed by atoms with Gasteiger partial charge in [0.05, 0.1) is 11.9 Å². The van der Waals surface area contributed by atoms with Crippen molar-refractivity contribution in [3.63, 3.8) is 0 Å². The van der Waals surface area contributed by atoms with Gasteiger partial charge in [0.1, 0.15) is 17.2 Å². The first-order valence-electron chi connectivity index (χ1n) is 11.1. The second-order valence-corrected chi connectivity index (χ2v) is 8.24. The van der Waals surface area contributed by atoms with E-state index < -0.39 is 5.82 Å². The van der Waals surface area contributed by atoms with Crippen molar-refractivity contribution in [2.24, 2.45) is 7.05 Å². The van der Waals surface area contributed by atoms with E-state index in [-0.39, 0.29) is 23.7 Å². The molecule has 0 unspecified atom stereocenters. The van der Waals surface area contributed by atoms with Crippen molar-refractivity contribution in [3.8, 4) is 11.3 Å². The molecule has 174 valence electrons. The molecule has 3 aromatic heterocycles. The van der Waals surface area contributed by atoms with E-state index in [1.165, 1.54) is 24.4 Å². The van der Waals surface area contributed by atoms with Gasteiger partial charge >= 0.3 is 0 Å². The normalized spacial score (nSPS) is 11.0. The number of aromatic nitrogens is 4. The van der Waals surface area contributed by atoms with Gasteiger partial charge in [0.25, 0.3) is 5.91 Å². The zero-order chi connectivity index (χ0) is 24.4. The number of carbonyl (C=O) groups excluding carboxylic acids is 2. The summed E-state index contributed by atoms with van der Waals surface area (Å²) in [7, 11) is 1.83. The number of amides is 1. The van der Waals surface area contributed by atoms with Gasteiger partial charge < -0.3 is 5.32 Å². The number of carbonyl (C=O) groups is 2. The van der Waals surface area contributed by atoms with Crippen LogP contribution in [0.3, 0.4) is 0 Å². The van der Waals surface area contributed by atoms with Crippen molar-refractivity contribution < 1.29 is 14.0 Å².